The van der Waals surface area contributed by atoms with Crippen molar-refractivity contribution in [2.75, 3.05) is 4.90 Å². The molecule has 0 N–H and O–H groups in total. The fraction of sp³-hybridized carbons (Fsp3) is 0.235. The van der Waals surface area contributed by atoms with E-state index in [0.29, 0.717) is 6.42 Å². The molecule has 1 unspecified atom stereocenters. The van der Waals surface area contributed by atoms with Crippen molar-refractivity contribution in [3.63, 3.8) is 0 Å². The zero-order valence-corrected chi connectivity index (χ0v) is 10.8. The van der Waals surface area contributed by atoms with Gasteiger partial charge < -0.3 is 4.90 Å². The summed E-state index contributed by atoms with van der Waals surface area (Å²) in [4.78, 5) is 14.1. The second kappa shape index (κ2) is 5.27. The molecule has 0 spiro atoms. The van der Waals surface area contributed by atoms with E-state index in [1.54, 1.807) is 0 Å². The number of carbonyl (C=O) groups excluding carboxylic acids is 1. The van der Waals surface area contributed by atoms with Crippen LogP contribution in [0, 0.1) is 0 Å². The number of carbonyl (C=O) groups is 1. The van der Waals surface area contributed by atoms with Gasteiger partial charge in [0.25, 0.3) is 0 Å². The van der Waals surface area contributed by atoms with Gasteiger partial charge in [0.05, 0.1) is 0 Å². The van der Waals surface area contributed by atoms with Crippen LogP contribution in [-0.4, -0.2) is 11.9 Å². The number of benzene rings is 2. The molecular weight excluding hydrogens is 234 g/mol. The van der Waals surface area contributed by atoms with Crippen LogP contribution in [-0.2, 0) is 11.2 Å². The Morgan fingerprint density at radius 3 is 2.26 bits per heavy atom. The number of hydrogen-bond acceptors (Lipinski definition) is 1. The second-order valence-electron chi connectivity index (χ2n) is 4.98. The summed E-state index contributed by atoms with van der Waals surface area (Å²) in [5, 5.41) is 0. The zero-order valence-electron chi connectivity index (χ0n) is 10.8. The maximum Gasteiger partial charge on any atom is 0.227 e. The summed E-state index contributed by atoms with van der Waals surface area (Å²) in [7, 11) is 0. The van der Waals surface area contributed by atoms with Crippen molar-refractivity contribution in [1.82, 2.24) is 0 Å². The average Bonchev–Trinajstić information content (AvgIpc) is 2.82. The Balaban J connectivity index is 1.83. The summed E-state index contributed by atoms with van der Waals surface area (Å²) in [5.41, 5.74) is 2.31. The zero-order chi connectivity index (χ0) is 13.1. The van der Waals surface area contributed by atoms with Gasteiger partial charge in [0, 0.05) is 18.2 Å². The van der Waals surface area contributed by atoms with Crippen LogP contribution in [0.5, 0.6) is 0 Å². The predicted molar refractivity (Wildman–Crippen MR) is 77.1 cm³/mol. The van der Waals surface area contributed by atoms with Crippen molar-refractivity contribution in [3.05, 3.63) is 66.2 Å². The Labute approximate surface area is 113 Å². The van der Waals surface area contributed by atoms with Gasteiger partial charge in [-0.1, -0.05) is 48.5 Å². The van der Waals surface area contributed by atoms with Crippen LogP contribution in [0.15, 0.2) is 60.7 Å². The van der Waals surface area contributed by atoms with Gasteiger partial charge in [0.2, 0.25) is 5.91 Å². The number of nitrogens with zero attached hydrogens (tertiary/aromatic N) is 1. The summed E-state index contributed by atoms with van der Waals surface area (Å²) < 4.78 is 0. The molecular formula is C17H17NO. The van der Waals surface area contributed by atoms with Crippen LogP contribution >= 0.6 is 0 Å². The van der Waals surface area contributed by atoms with Crippen LogP contribution < -0.4 is 4.90 Å². The van der Waals surface area contributed by atoms with Gasteiger partial charge >= 0.3 is 0 Å². The molecule has 2 aromatic carbocycles. The van der Waals surface area contributed by atoms with E-state index < -0.39 is 0 Å². The first-order valence-corrected chi connectivity index (χ1v) is 6.75. The molecule has 0 aromatic heterocycles. The minimum Gasteiger partial charge on any atom is -0.309 e. The van der Waals surface area contributed by atoms with Crippen LogP contribution in [0.25, 0.3) is 0 Å². The van der Waals surface area contributed by atoms with Gasteiger partial charge in [-0.25, -0.2) is 0 Å². The average molecular weight is 251 g/mol. The Morgan fingerprint density at radius 1 is 0.947 bits per heavy atom. The maximum atomic E-state index is 12.1. The minimum atomic E-state index is 0.243. The molecule has 3 rings (SSSR count). The third-order valence-corrected chi connectivity index (χ3v) is 3.67. The molecule has 1 aliphatic heterocycles. The Hall–Kier alpha value is -2.09. The Kier molecular flexibility index (Phi) is 3.32. The van der Waals surface area contributed by atoms with Gasteiger partial charge in [0.1, 0.15) is 0 Å². The van der Waals surface area contributed by atoms with Gasteiger partial charge in [-0.3, -0.25) is 4.79 Å². The molecule has 0 bridgehead atoms. The van der Waals surface area contributed by atoms with Gasteiger partial charge in [-0.15, -0.1) is 0 Å². The van der Waals surface area contributed by atoms with E-state index in [1.165, 1.54) is 5.56 Å². The van der Waals surface area contributed by atoms with Crippen LogP contribution in [0.1, 0.15) is 18.4 Å². The van der Waals surface area contributed by atoms with E-state index in [1.807, 2.05) is 41.3 Å². The molecule has 0 radical (unpaired) electrons. The number of rotatable bonds is 3. The van der Waals surface area contributed by atoms with Gasteiger partial charge in [0.15, 0.2) is 0 Å². The molecule has 1 saturated heterocycles. The van der Waals surface area contributed by atoms with Gasteiger partial charge in [-0.05, 0) is 30.5 Å². The number of para-hydroxylation sites is 1. The number of anilines is 1. The molecule has 1 fully saturated rings. The lowest BCUT2D eigenvalue weighted by Crippen LogP contribution is -2.34. The monoisotopic (exact) mass is 251 g/mol. The second-order valence-corrected chi connectivity index (χ2v) is 4.98. The van der Waals surface area contributed by atoms with Crippen molar-refractivity contribution in [2.24, 2.45) is 0 Å². The molecule has 0 saturated carbocycles. The molecule has 1 amide bonds. The lowest BCUT2D eigenvalue weighted by atomic mass is 10.0. The lowest BCUT2D eigenvalue weighted by molar-refractivity contribution is -0.117. The summed E-state index contributed by atoms with van der Waals surface area (Å²) in [6.45, 7) is 0. The first kappa shape index (κ1) is 12.0. The molecule has 1 atom stereocenters. The van der Waals surface area contributed by atoms with Crippen molar-refractivity contribution < 1.29 is 4.79 Å². The highest BCUT2D eigenvalue weighted by Gasteiger charge is 2.31. The molecule has 1 heterocycles. The lowest BCUT2D eigenvalue weighted by Gasteiger charge is -2.25. The van der Waals surface area contributed by atoms with E-state index in [9.17, 15) is 4.79 Å². The smallest absolute Gasteiger partial charge is 0.227 e. The fourth-order valence-corrected chi connectivity index (χ4v) is 2.77. The molecule has 19 heavy (non-hydrogen) atoms. The highest BCUT2D eigenvalue weighted by Crippen LogP contribution is 2.28. The summed E-state index contributed by atoms with van der Waals surface area (Å²) in [6, 6.07) is 20.7. The number of amides is 1. The maximum absolute atomic E-state index is 12.1. The SMILES string of the molecule is O=C1CCC(Cc2ccccc2)N1c1ccccc1. The highest BCUT2D eigenvalue weighted by molar-refractivity contribution is 5.96. The predicted octanol–water partition coefficient (Wildman–Crippen LogP) is 3.42. The summed E-state index contributed by atoms with van der Waals surface area (Å²) in [6.07, 6.45) is 2.54. The van der Waals surface area contributed by atoms with E-state index >= 15 is 0 Å². The van der Waals surface area contributed by atoms with E-state index in [2.05, 4.69) is 24.3 Å². The van der Waals surface area contributed by atoms with E-state index in [0.717, 1.165) is 18.5 Å². The minimum absolute atomic E-state index is 0.243. The molecule has 0 aliphatic carbocycles. The summed E-state index contributed by atoms with van der Waals surface area (Å²) in [5.74, 6) is 0.243. The Bertz CT molecular complexity index is 550. The Morgan fingerprint density at radius 2 is 1.58 bits per heavy atom. The topological polar surface area (TPSA) is 20.3 Å². The van der Waals surface area contributed by atoms with Crippen molar-refractivity contribution in [1.29, 1.82) is 0 Å². The standard InChI is InChI=1S/C17H17NO/c19-17-12-11-16(13-14-7-3-1-4-8-14)18(17)15-9-5-2-6-10-15/h1-10,16H,11-13H2. The third-order valence-electron chi connectivity index (χ3n) is 3.67. The van der Waals surface area contributed by atoms with Crippen molar-refractivity contribution in [3.8, 4) is 0 Å². The normalized spacial score (nSPS) is 18.8. The van der Waals surface area contributed by atoms with Gasteiger partial charge in [-0.2, -0.15) is 0 Å². The molecule has 2 aromatic rings. The van der Waals surface area contributed by atoms with Crippen LogP contribution in [0.3, 0.4) is 0 Å². The van der Waals surface area contributed by atoms with E-state index in [4.69, 9.17) is 0 Å². The molecule has 2 heteroatoms. The molecule has 1 aliphatic rings. The van der Waals surface area contributed by atoms with E-state index in [-0.39, 0.29) is 11.9 Å². The van der Waals surface area contributed by atoms with Crippen LogP contribution in [0.4, 0.5) is 5.69 Å². The number of hydrogen-bond donors (Lipinski definition) is 0. The quantitative estimate of drug-likeness (QED) is 0.818. The van der Waals surface area contributed by atoms with Crippen molar-refractivity contribution >= 4 is 11.6 Å². The first-order valence-electron chi connectivity index (χ1n) is 6.75. The largest absolute Gasteiger partial charge is 0.309 e. The molecule has 96 valence electrons. The summed E-state index contributed by atoms with van der Waals surface area (Å²) >= 11 is 0. The highest BCUT2D eigenvalue weighted by atomic mass is 16.2. The van der Waals surface area contributed by atoms with Crippen molar-refractivity contribution in [2.45, 2.75) is 25.3 Å². The third kappa shape index (κ3) is 2.53. The van der Waals surface area contributed by atoms with Crippen LogP contribution in [0.2, 0.25) is 0 Å². The fourth-order valence-electron chi connectivity index (χ4n) is 2.77. The molecule has 2 nitrogen and oxygen atoms in total. The first-order chi connectivity index (χ1) is 9.34.